The lowest BCUT2D eigenvalue weighted by atomic mass is 10.1. The van der Waals surface area contributed by atoms with Crippen molar-refractivity contribution < 1.29 is 0 Å². The second-order valence-corrected chi connectivity index (χ2v) is 3.93. The molecule has 2 unspecified atom stereocenters. The summed E-state index contributed by atoms with van der Waals surface area (Å²) in [6.45, 7) is 4.17. The van der Waals surface area contributed by atoms with E-state index >= 15 is 0 Å². The molecule has 0 N–H and O–H groups in total. The zero-order valence-corrected chi connectivity index (χ0v) is 8.40. The summed E-state index contributed by atoms with van der Waals surface area (Å²) in [5.74, 6) is 0. The fourth-order valence-electron chi connectivity index (χ4n) is 1.64. The summed E-state index contributed by atoms with van der Waals surface area (Å²) in [7, 11) is 0. The Morgan fingerprint density at radius 1 is 1.43 bits per heavy atom. The van der Waals surface area contributed by atoms with Crippen LogP contribution in [0, 0.1) is 18.3 Å². The molecule has 1 aliphatic heterocycles. The Bertz CT molecular complexity index is 348. The predicted octanol–water partition coefficient (Wildman–Crippen LogP) is 2.09. The first kappa shape index (κ1) is 9.23. The van der Waals surface area contributed by atoms with Gasteiger partial charge in [-0.05, 0) is 12.5 Å². The van der Waals surface area contributed by atoms with E-state index < -0.39 is 0 Å². The molecule has 0 aliphatic carbocycles. The molecular formula is C12H14N2. The summed E-state index contributed by atoms with van der Waals surface area (Å²) in [6, 6.07) is 11.3. The number of aryl methyl sites for hydroxylation is 1. The third-order valence-electron chi connectivity index (χ3n) is 2.66. The summed E-state index contributed by atoms with van der Waals surface area (Å²) in [4.78, 5) is 2.33. The fourth-order valence-corrected chi connectivity index (χ4v) is 1.64. The van der Waals surface area contributed by atoms with Crippen molar-refractivity contribution in [2.24, 2.45) is 0 Å². The van der Waals surface area contributed by atoms with Crippen molar-refractivity contribution in [3.8, 4) is 6.07 Å². The lowest BCUT2D eigenvalue weighted by Gasteiger charge is -2.02. The molecule has 1 aliphatic rings. The molecule has 0 spiro atoms. The first-order chi connectivity index (χ1) is 6.79. The van der Waals surface area contributed by atoms with E-state index in [9.17, 15) is 0 Å². The van der Waals surface area contributed by atoms with Gasteiger partial charge in [0.2, 0.25) is 0 Å². The molecule has 1 fully saturated rings. The number of hydrogen-bond acceptors (Lipinski definition) is 2. The van der Waals surface area contributed by atoms with E-state index in [-0.39, 0.29) is 0 Å². The molecule has 0 radical (unpaired) electrons. The van der Waals surface area contributed by atoms with Crippen LogP contribution in [-0.4, -0.2) is 17.5 Å². The van der Waals surface area contributed by atoms with Gasteiger partial charge in [0, 0.05) is 19.1 Å². The van der Waals surface area contributed by atoms with Gasteiger partial charge in [0.25, 0.3) is 0 Å². The monoisotopic (exact) mass is 186 g/mol. The Kier molecular flexibility index (Phi) is 2.51. The molecule has 1 saturated heterocycles. The molecule has 0 bridgehead atoms. The van der Waals surface area contributed by atoms with Crippen LogP contribution in [0.3, 0.4) is 0 Å². The van der Waals surface area contributed by atoms with E-state index in [0.717, 1.165) is 13.1 Å². The summed E-state index contributed by atoms with van der Waals surface area (Å²) in [5.41, 5.74) is 2.64. The van der Waals surface area contributed by atoms with Crippen LogP contribution in [0.2, 0.25) is 0 Å². The van der Waals surface area contributed by atoms with Crippen LogP contribution in [0.5, 0.6) is 0 Å². The molecule has 2 nitrogen and oxygen atoms in total. The molecule has 0 saturated carbocycles. The number of nitriles is 1. The third-order valence-corrected chi connectivity index (χ3v) is 2.66. The summed E-state index contributed by atoms with van der Waals surface area (Å²) < 4.78 is 0. The van der Waals surface area contributed by atoms with E-state index in [1.807, 2.05) is 0 Å². The van der Waals surface area contributed by atoms with Gasteiger partial charge in [-0.25, -0.2) is 0 Å². The highest BCUT2D eigenvalue weighted by atomic mass is 15.3. The maximum absolute atomic E-state index is 8.52. The van der Waals surface area contributed by atoms with Gasteiger partial charge in [-0.1, -0.05) is 29.8 Å². The molecule has 0 aromatic heterocycles. The molecular weight excluding hydrogens is 172 g/mol. The largest absolute Gasteiger partial charge is 0.292 e. The zero-order chi connectivity index (χ0) is 9.97. The van der Waals surface area contributed by atoms with Gasteiger partial charge >= 0.3 is 0 Å². The Labute approximate surface area is 84.8 Å². The molecule has 0 amide bonds. The molecule has 72 valence electrons. The van der Waals surface area contributed by atoms with Crippen LogP contribution < -0.4 is 0 Å². The lowest BCUT2D eigenvalue weighted by molar-refractivity contribution is 0.504. The van der Waals surface area contributed by atoms with Gasteiger partial charge in [0.1, 0.15) is 0 Å². The zero-order valence-electron chi connectivity index (χ0n) is 8.40. The quantitative estimate of drug-likeness (QED) is 0.676. The van der Waals surface area contributed by atoms with E-state index in [0.29, 0.717) is 12.5 Å². The van der Waals surface area contributed by atoms with E-state index in [2.05, 4.69) is 42.2 Å². The summed E-state index contributed by atoms with van der Waals surface area (Å²) >= 11 is 0. The Hall–Kier alpha value is -1.33. The van der Waals surface area contributed by atoms with E-state index in [1.54, 1.807) is 0 Å². The summed E-state index contributed by atoms with van der Waals surface area (Å²) in [5, 5.41) is 8.52. The highest BCUT2D eigenvalue weighted by Crippen LogP contribution is 2.23. The van der Waals surface area contributed by atoms with E-state index in [1.165, 1.54) is 11.1 Å². The minimum Gasteiger partial charge on any atom is -0.292 e. The average Bonchev–Trinajstić information content (AvgIpc) is 2.89. The van der Waals surface area contributed by atoms with Crippen molar-refractivity contribution in [3.05, 3.63) is 35.4 Å². The van der Waals surface area contributed by atoms with Gasteiger partial charge in [0.15, 0.2) is 0 Å². The molecule has 14 heavy (non-hydrogen) atoms. The van der Waals surface area contributed by atoms with Crippen molar-refractivity contribution in [1.82, 2.24) is 4.90 Å². The first-order valence-corrected chi connectivity index (χ1v) is 4.96. The van der Waals surface area contributed by atoms with Gasteiger partial charge in [-0.2, -0.15) is 5.26 Å². The second kappa shape index (κ2) is 3.81. The van der Waals surface area contributed by atoms with Crippen molar-refractivity contribution in [1.29, 1.82) is 5.26 Å². The average molecular weight is 186 g/mol. The minimum atomic E-state index is 0.515. The number of rotatable bonds is 3. The van der Waals surface area contributed by atoms with Gasteiger partial charge in [0.05, 0.1) is 12.5 Å². The van der Waals surface area contributed by atoms with E-state index in [4.69, 9.17) is 5.26 Å². The second-order valence-electron chi connectivity index (χ2n) is 3.93. The van der Waals surface area contributed by atoms with Crippen LogP contribution in [0.1, 0.15) is 17.5 Å². The van der Waals surface area contributed by atoms with Crippen molar-refractivity contribution >= 4 is 0 Å². The molecule has 2 atom stereocenters. The Morgan fingerprint density at radius 2 is 2.14 bits per heavy atom. The maximum Gasteiger partial charge on any atom is 0.0638 e. The van der Waals surface area contributed by atoms with Crippen LogP contribution >= 0.6 is 0 Å². The number of hydrogen-bond donors (Lipinski definition) is 0. The standard InChI is InChI=1S/C12H14N2/c1-10-2-4-11(5-3-10)8-14-9-12(14)6-7-13/h2-5,12H,6,8-9H2,1H3. The van der Waals surface area contributed by atoms with Crippen LogP contribution in [-0.2, 0) is 6.54 Å². The van der Waals surface area contributed by atoms with Gasteiger partial charge in [-0.3, -0.25) is 4.90 Å². The Morgan fingerprint density at radius 3 is 2.79 bits per heavy atom. The molecule has 2 heteroatoms. The predicted molar refractivity (Wildman–Crippen MR) is 55.6 cm³/mol. The molecule has 1 aromatic rings. The number of nitrogens with zero attached hydrogens (tertiary/aromatic N) is 2. The lowest BCUT2D eigenvalue weighted by Crippen LogP contribution is -2.01. The molecule has 2 rings (SSSR count). The maximum atomic E-state index is 8.52. The van der Waals surface area contributed by atoms with Crippen molar-refractivity contribution in [2.45, 2.75) is 25.9 Å². The van der Waals surface area contributed by atoms with Crippen LogP contribution in [0.15, 0.2) is 24.3 Å². The van der Waals surface area contributed by atoms with Crippen molar-refractivity contribution in [2.75, 3.05) is 6.54 Å². The Balaban J connectivity index is 1.88. The smallest absolute Gasteiger partial charge is 0.0638 e. The highest BCUT2D eigenvalue weighted by molar-refractivity contribution is 5.22. The van der Waals surface area contributed by atoms with Gasteiger partial charge < -0.3 is 0 Å². The first-order valence-electron chi connectivity index (χ1n) is 4.96. The normalized spacial score (nSPS) is 24.3. The minimum absolute atomic E-state index is 0.515. The fraction of sp³-hybridized carbons (Fsp3) is 0.417. The number of benzene rings is 1. The SMILES string of the molecule is Cc1ccc(CN2CC2CC#N)cc1. The van der Waals surface area contributed by atoms with Gasteiger partial charge in [-0.15, -0.1) is 0 Å². The van der Waals surface area contributed by atoms with Crippen LogP contribution in [0.25, 0.3) is 0 Å². The molecule has 1 aromatic carbocycles. The third kappa shape index (κ3) is 2.12. The molecule has 1 heterocycles. The topological polar surface area (TPSA) is 26.8 Å². The van der Waals surface area contributed by atoms with Crippen molar-refractivity contribution in [3.63, 3.8) is 0 Å². The summed E-state index contributed by atoms with van der Waals surface area (Å²) in [6.07, 6.45) is 0.672. The highest BCUT2D eigenvalue weighted by Gasteiger charge is 2.32. The van der Waals surface area contributed by atoms with Crippen LogP contribution in [0.4, 0.5) is 0 Å².